The van der Waals surface area contributed by atoms with Crippen molar-refractivity contribution in [2.45, 2.75) is 37.9 Å². The third-order valence-electron chi connectivity index (χ3n) is 2.77. The maximum atomic E-state index is 10.6. The molecule has 2 rings (SSSR count). The van der Waals surface area contributed by atoms with Crippen molar-refractivity contribution in [3.63, 3.8) is 0 Å². The van der Waals surface area contributed by atoms with Gasteiger partial charge in [0.25, 0.3) is 0 Å². The Morgan fingerprint density at radius 3 is 2.80 bits per heavy atom. The molecule has 1 atom stereocenters. The number of ether oxygens (including phenoxy) is 1. The van der Waals surface area contributed by atoms with E-state index in [-0.39, 0.29) is 5.60 Å². The predicted octanol–water partition coefficient (Wildman–Crippen LogP) is 3.18. The number of halogens is 1. The van der Waals surface area contributed by atoms with Crippen molar-refractivity contribution in [2.24, 2.45) is 0 Å². The fraction of sp³-hybridized carbons (Fsp3) is 0.636. The maximum Gasteiger partial charge on any atom is 0.105 e. The minimum Gasteiger partial charge on any atom is -0.384 e. The van der Waals surface area contributed by atoms with Gasteiger partial charge >= 0.3 is 0 Å². The zero-order valence-corrected chi connectivity index (χ0v) is 10.5. The second-order valence-corrected chi connectivity index (χ2v) is 5.99. The van der Waals surface area contributed by atoms with Crippen LogP contribution in [0.1, 0.15) is 31.6 Å². The van der Waals surface area contributed by atoms with Crippen LogP contribution in [0.5, 0.6) is 0 Å². The number of hydrogen-bond acceptors (Lipinski definition) is 3. The van der Waals surface area contributed by atoms with Crippen molar-refractivity contribution >= 4 is 22.9 Å². The Morgan fingerprint density at radius 2 is 2.27 bits per heavy atom. The molecule has 0 radical (unpaired) electrons. The zero-order valence-electron chi connectivity index (χ0n) is 8.92. The summed E-state index contributed by atoms with van der Waals surface area (Å²) in [7, 11) is 0. The van der Waals surface area contributed by atoms with Gasteiger partial charge < -0.3 is 9.84 Å². The minimum atomic E-state index is -0.812. The third-order valence-corrected chi connectivity index (χ3v) is 4.30. The van der Waals surface area contributed by atoms with Crippen LogP contribution in [0.15, 0.2) is 11.4 Å². The fourth-order valence-electron chi connectivity index (χ4n) is 2.16. The van der Waals surface area contributed by atoms with Gasteiger partial charge in [-0.2, -0.15) is 0 Å². The first-order valence-electron chi connectivity index (χ1n) is 5.03. The van der Waals surface area contributed by atoms with Crippen LogP contribution in [-0.2, 0) is 10.3 Å². The molecular weight excluding hydrogens is 232 g/mol. The van der Waals surface area contributed by atoms with Gasteiger partial charge in [-0.1, -0.05) is 11.6 Å². The topological polar surface area (TPSA) is 29.5 Å². The van der Waals surface area contributed by atoms with E-state index in [0.717, 1.165) is 4.88 Å². The van der Waals surface area contributed by atoms with E-state index in [0.29, 0.717) is 24.5 Å². The van der Waals surface area contributed by atoms with Crippen LogP contribution >= 0.6 is 22.9 Å². The average Bonchev–Trinajstić information content (AvgIpc) is 2.49. The highest BCUT2D eigenvalue weighted by molar-refractivity contribution is 7.10. The van der Waals surface area contributed by atoms with E-state index in [1.54, 1.807) is 0 Å². The van der Waals surface area contributed by atoms with Gasteiger partial charge in [-0.15, -0.1) is 11.3 Å². The summed E-state index contributed by atoms with van der Waals surface area (Å²) < 4.78 is 5.60. The van der Waals surface area contributed by atoms with Gasteiger partial charge in [0.2, 0.25) is 0 Å². The summed E-state index contributed by atoms with van der Waals surface area (Å²) in [4.78, 5) is 0.876. The van der Waals surface area contributed by atoms with E-state index in [1.807, 2.05) is 25.3 Å². The zero-order chi connectivity index (χ0) is 11.1. The number of rotatable bonds is 1. The molecule has 1 saturated heterocycles. The molecule has 1 aromatic heterocycles. The number of thiophene rings is 1. The summed E-state index contributed by atoms with van der Waals surface area (Å²) in [5.74, 6) is 0. The van der Waals surface area contributed by atoms with Gasteiger partial charge in [0.1, 0.15) is 5.60 Å². The van der Waals surface area contributed by atoms with E-state index in [4.69, 9.17) is 16.3 Å². The first kappa shape index (κ1) is 11.4. The molecular formula is C11H15ClO2S. The predicted molar refractivity (Wildman–Crippen MR) is 62.5 cm³/mol. The molecule has 1 aliphatic rings. The molecule has 4 heteroatoms. The Hall–Kier alpha value is -0.0900. The van der Waals surface area contributed by atoms with E-state index >= 15 is 0 Å². The van der Waals surface area contributed by atoms with Crippen molar-refractivity contribution in [1.29, 1.82) is 0 Å². The molecule has 15 heavy (non-hydrogen) atoms. The second-order valence-electron chi connectivity index (χ2n) is 4.66. The lowest BCUT2D eigenvalue weighted by Crippen LogP contribution is -2.43. The first-order chi connectivity index (χ1) is 6.93. The monoisotopic (exact) mass is 246 g/mol. The van der Waals surface area contributed by atoms with Gasteiger partial charge in [-0.3, -0.25) is 0 Å². The van der Waals surface area contributed by atoms with Crippen LogP contribution in [0.25, 0.3) is 0 Å². The molecule has 1 aliphatic heterocycles. The summed E-state index contributed by atoms with van der Waals surface area (Å²) in [5, 5.41) is 13.2. The Bertz CT molecular complexity index is 361. The van der Waals surface area contributed by atoms with Crippen molar-refractivity contribution in [3.8, 4) is 0 Å². The Kier molecular flexibility index (Phi) is 2.84. The largest absolute Gasteiger partial charge is 0.384 e. The maximum absolute atomic E-state index is 10.6. The second kappa shape index (κ2) is 3.74. The van der Waals surface area contributed by atoms with Gasteiger partial charge in [0.15, 0.2) is 0 Å². The third kappa shape index (κ3) is 2.21. The Morgan fingerprint density at radius 1 is 1.53 bits per heavy atom. The molecule has 1 N–H and O–H groups in total. The van der Waals surface area contributed by atoms with Crippen LogP contribution in [0.3, 0.4) is 0 Å². The van der Waals surface area contributed by atoms with Crippen LogP contribution in [0, 0.1) is 0 Å². The van der Waals surface area contributed by atoms with Crippen LogP contribution < -0.4 is 0 Å². The molecule has 0 spiro atoms. The molecule has 1 unspecified atom stereocenters. The molecule has 0 saturated carbocycles. The van der Waals surface area contributed by atoms with Gasteiger partial charge in [0, 0.05) is 12.8 Å². The molecule has 84 valence electrons. The fourth-order valence-corrected chi connectivity index (χ4v) is 3.52. The number of aliphatic hydroxyl groups is 1. The average molecular weight is 247 g/mol. The van der Waals surface area contributed by atoms with Crippen LogP contribution in [0.2, 0.25) is 5.02 Å². The molecule has 0 amide bonds. The molecule has 1 aromatic rings. The van der Waals surface area contributed by atoms with E-state index in [9.17, 15) is 5.11 Å². The first-order valence-corrected chi connectivity index (χ1v) is 6.29. The van der Waals surface area contributed by atoms with Gasteiger partial charge in [-0.05, 0) is 25.3 Å². The summed E-state index contributed by atoms with van der Waals surface area (Å²) in [6.07, 6.45) is 1.22. The SMILES string of the molecule is CC1(C)CC(O)(c2sccc2Cl)CCO1. The summed E-state index contributed by atoms with van der Waals surface area (Å²) in [6, 6.07) is 1.84. The lowest BCUT2D eigenvalue weighted by Gasteiger charge is -2.41. The van der Waals surface area contributed by atoms with Crippen LogP contribution in [0.4, 0.5) is 0 Å². The normalized spacial score (nSPS) is 30.4. The molecule has 2 heterocycles. The smallest absolute Gasteiger partial charge is 0.105 e. The Balaban J connectivity index is 2.31. The van der Waals surface area contributed by atoms with Crippen molar-refractivity contribution in [2.75, 3.05) is 6.61 Å². The molecule has 0 aliphatic carbocycles. The van der Waals surface area contributed by atoms with E-state index in [2.05, 4.69) is 0 Å². The van der Waals surface area contributed by atoms with E-state index in [1.165, 1.54) is 11.3 Å². The highest BCUT2D eigenvalue weighted by Gasteiger charge is 2.42. The summed E-state index contributed by atoms with van der Waals surface area (Å²) in [5.41, 5.74) is -1.09. The van der Waals surface area contributed by atoms with Gasteiger partial charge in [0.05, 0.1) is 22.1 Å². The van der Waals surface area contributed by atoms with Crippen molar-refractivity contribution in [3.05, 3.63) is 21.3 Å². The van der Waals surface area contributed by atoms with Gasteiger partial charge in [-0.25, -0.2) is 0 Å². The standard InChI is InChI=1S/C11H15ClO2S/c1-10(2)7-11(13,4-5-14-10)9-8(12)3-6-15-9/h3,6,13H,4-5,7H2,1-2H3. The molecule has 2 nitrogen and oxygen atoms in total. The minimum absolute atomic E-state index is 0.277. The quantitative estimate of drug-likeness (QED) is 0.825. The lowest BCUT2D eigenvalue weighted by atomic mass is 9.83. The highest BCUT2D eigenvalue weighted by atomic mass is 35.5. The molecule has 0 aromatic carbocycles. The highest BCUT2D eigenvalue weighted by Crippen LogP contribution is 2.44. The van der Waals surface area contributed by atoms with Crippen molar-refractivity contribution < 1.29 is 9.84 Å². The summed E-state index contributed by atoms with van der Waals surface area (Å²) >= 11 is 7.58. The molecule has 0 bridgehead atoms. The summed E-state index contributed by atoms with van der Waals surface area (Å²) in [6.45, 7) is 4.58. The lowest BCUT2D eigenvalue weighted by molar-refractivity contribution is -0.146. The number of hydrogen-bond donors (Lipinski definition) is 1. The molecule has 1 fully saturated rings. The van der Waals surface area contributed by atoms with Crippen LogP contribution in [-0.4, -0.2) is 17.3 Å². The van der Waals surface area contributed by atoms with Crippen molar-refractivity contribution in [1.82, 2.24) is 0 Å². The van der Waals surface area contributed by atoms with E-state index < -0.39 is 5.60 Å². The Labute approximate surface area is 98.8 Å².